The molecule has 15 heavy (non-hydrogen) atoms. The molecule has 1 N–H and O–H groups in total. The van der Waals surface area contributed by atoms with Gasteiger partial charge in [0.2, 0.25) is 0 Å². The molecule has 0 aliphatic carbocycles. The summed E-state index contributed by atoms with van der Waals surface area (Å²) in [5.41, 5.74) is 0.425. The molecule has 0 saturated carbocycles. The van der Waals surface area contributed by atoms with Crippen molar-refractivity contribution in [3.8, 4) is 5.75 Å². The predicted octanol–water partition coefficient (Wildman–Crippen LogP) is 3.29. The number of rotatable bonds is 2. The van der Waals surface area contributed by atoms with Crippen molar-refractivity contribution in [2.24, 2.45) is 0 Å². The molecule has 0 aliphatic rings. The van der Waals surface area contributed by atoms with E-state index in [1.54, 1.807) is 0 Å². The van der Waals surface area contributed by atoms with Crippen LogP contribution in [0, 0.1) is 0 Å². The summed E-state index contributed by atoms with van der Waals surface area (Å²) in [4.78, 5) is 0. The van der Waals surface area contributed by atoms with Crippen LogP contribution in [0.1, 0.15) is 18.6 Å². The average molecular weight is 241 g/mol. The Morgan fingerprint density at radius 2 is 2.00 bits per heavy atom. The van der Waals surface area contributed by atoms with Crippen LogP contribution in [0.5, 0.6) is 5.75 Å². The molecule has 1 rings (SSSR count). The number of aliphatic hydroxyl groups excluding tert-OH is 1. The summed E-state index contributed by atoms with van der Waals surface area (Å²) >= 11 is 5.54. The van der Waals surface area contributed by atoms with Gasteiger partial charge in [0, 0.05) is 0 Å². The topological polar surface area (TPSA) is 29.5 Å². The van der Waals surface area contributed by atoms with Crippen molar-refractivity contribution < 1.29 is 23.0 Å². The van der Waals surface area contributed by atoms with Crippen LogP contribution in [0.3, 0.4) is 0 Å². The normalized spacial score (nSPS) is 13.7. The van der Waals surface area contributed by atoms with Crippen molar-refractivity contribution in [2.45, 2.75) is 19.4 Å². The lowest BCUT2D eigenvalue weighted by Gasteiger charge is -2.12. The zero-order valence-electron chi connectivity index (χ0n) is 7.68. The van der Waals surface area contributed by atoms with Crippen LogP contribution in [0.15, 0.2) is 18.2 Å². The summed E-state index contributed by atoms with van der Waals surface area (Å²) in [7, 11) is 0. The fraction of sp³-hybridized carbons (Fsp3) is 0.333. The van der Waals surface area contributed by atoms with Gasteiger partial charge in [0.05, 0.1) is 11.1 Å². The van der Waals surface area contributed by atoms with E-state index in [0.717, 1.165) is 6.07 Å². The van der Waals surface area contributed by atoms with Crippen LogP contribution in [0.4, 0.5) is 13.2 Å². The van der Waals surface area contributed by atoms with E-state index < -0.39 is 18.2 Å². The van der Waals surface area contributed by atoms with Crippen LogP contribution in [-0.2, 0) is 0 Å². The van der Waals surface area contributed by atoms with Crippen molar-refractivity contribution in [1.82, 2.24) is 0 Å². The van der Waals surface area contributed by atoms with Crippen molar-refractivity contribution in [1.29, 1.82) is 0 Å². The molecule has 0 radical (unpaired) electrons. The second-order valence-electron chi connectivity index (χ2n) is 2.91. The Hall–Kier alpha value is -0.940. The molecule has 84 valence electrons. The first-order valence-electron chi connectivity index (χ1n) is 4.03. The Balaban J connectivity index is 2.94. The van der Waals surface area contributed by atoms with Crippen molar-refractivity contribution >= 4 is 11.6 Å². The number of aliphatic hydroxyl groups is 1. The van der Waals surface area contributed by atoms with Crippen LogP contribution in [0.2, 0.25) is 5.02 Å². The molecule has 0 saturated heterocycles. The highest BCUT2D eigenvalue weighted by Gasteiger charge is 2.32. The first-order valence-corrected chi connectivity index (χ1v) is 4.40. The van der Waals surface area contributed by atoms with Gasteiger partial charge >= 0.3 is 6.36 Å². The second kappa shape index (κ2) is 4.28. The Morgan fingerprint density at radius 3 is 2.40 bits per heavy atom. The highest BCUT2D eigenvalue weighted by molar-refractivity contribution is 6.32. The Labute approximate surface area is 89.2 Å². The molecule has 1 aromatic rings. The van der Waals surface area contributed by atoms with E-state index in [2.05, 4.69) is 4.74 Å². The van der Waals surface area contributed by atoms with E-state index in [4.69, 9.17) is 16.7 Å². The Morgan fingerprint density at radius 1 is 1.40 bits per heavy atom. The quantitative estimate of drug-likeness (QED) is 0.860. The number of benzene rings is 1. The SMILES string of the molecule is C[C@@H](O)c1ccc(OC(F)(F)F)c(Cl)c1. The number of hydrogen-bond acceptors (Lipinski definition) is 2. The zero-order chi connectivity index (χ0) is 11.6. The fourth-order valence-corrected chi connectivity index (χ4v) is 1.21. The van der Waals surface area contributed by atoms with E-state index in [0.29, 0.717) is 5.56 Å². The monoisotopic (exact) mass is 240 g/mol. The van der Waals surface area contributed by atoms with E-state index in [-0.39, 0.29) is 5.02 Å². The van der Waals surface area contributed by atoms with Crippen LogP contribution >= 0.6 is 11.6 Å². The summed E-state index contributed by atoms with van der Waals surface area (Å²) in [5, 5.41) is 8.96. The van der Waals surface area contributed by atoms with Crippen molar-refractivity contribution in [3.05, 3.63) is 28.8 Å². The summed E-state index contributed by atoms with van der Waals surface area (Å²) in [6.45, 7) is 1.48. The van der Waals surface area contributed by atoms with Crippen LogP contribution in [0.25, 0.3) is 0 Å². The maximum atomic E-state index is 11.9. The minimum Gasteiger partial charge on any atom is -0.404 e. The molecule has 0 heterocycles. The van der Waals surface area contributed by atoms with Gasteiger partial charge in [0.25, 0.3) is 0 Å². The van der Waals surface area contributed by atoms with Gasteiger partial charge in [-0.25, -0.2) is 0 Å². The molecule has 2 nitrogen and oxygen atoms in total. The minimum atomic E-state index is -4.77. The highest BCUT2D eigenvalue weighted by Crippen LogP contribution is 2.31. The lowest BCUT2D eigenvalue weighted by molar-refractivity contribution is -0.274. The summed E-state index contributed by atoms with van der Waals surface area (Å²) in [6, 6.07) is 3.61. The lowest BCUT2D eigenvalue weighted by Crippen LogP contribution is -2.17. The number of ether oxygens (including phenoxy) is 1. The summed E-state index contributed by atoms with van der Waals surface area (Å²) < 4.78 is 39.2. The number of alkyl halides is 3. The largest absolute Gasteiger partial charge is 0.573 e. The molecule has 0 spiro atoms. The van der Waals surface area contributed by atoms with E-state index in [9.17, 15) is 13.2 Å². The van der Waals surface area contributed by atoms with Gasteiger partial charge in [-0.15, -0.1) is 13.2 Å². The standard InChI is InChI=1S/C9H8ClF3O2/c1-5(14)6-2-3-8(7(10)4-6)15-9(11,12)13/h2-5,14H,1H3/t5-/m1/s1. The van der Waals surface area contributed by atoms with Gasteiger partial charge in [-0.3, -0.25) is 0 Å². The lowest BCUT2D eigenvalue weighted by atomic mass is 10.1. The molecule has 0 aromatic heterocycles. The van der Waals surface area contributed by atoms with Crippen LogP contribution in [-0.4, -0.2) is 11.5 Å². The van der Waals surface area contributed by atoms with Gasteiger partial charge in [-0.2, -0.15) is 0 Å². The number of halogens is 4. The molecule has 1 atom stereocenters. The molecule has 6 heteroatoms. The first kappa shape index (κ1) is 12.1. The van der Waals surface area contributed by atoms with Crippen molar-refractivity contribution in [3.63, 3.8) is 0 Å². The third-order valence-electron chi connectivity index (χ3n) is 1.66. The van der Waals surface area contributed by atoms with Gasteiger partial charge in [-0.05, 0) is 24.6 Å². The summed E-state index contributed by atoms with van der Waals surface area (Å²) in [6.07, 6.45) is -5.56. The van der Waals surface area contributed by atoms with Gasteiger partial charge < -0.3 is 9.84 Å². The third-order valence-corrected chi connectivity index (χ3v) is 1.96. The fourth-order valence-electron chi connectivity index (χ4n) is 0.984. The van der Waals surface area contributed by atoms with Gasteiger partial charge in [-0.1, -0.05) is 17.7 Å². The molecular formula is C9H8ClF3O2. The number of hydrogen-bond donors (Lipinski definition) is 1. The van der Waals surface area contributed by atoms with Crippen LogP contribution < -0.4 is 4.74 Å². The van der Waals surface area contributed by atoms with E-state index in [1.165, 1.54) is 19.1 Å². The molecule has 0 fully saturated rings. The molecular weight excluding hydrogens is 233 g/mol. The third kappa shape index (κ3) is 3.60. The Kier molecular flexibility index (Phi) is 3.46. The smallest absolute Gasteiger partial charge is 0.404 e. The first-order chi connectivity index (χ1) is 6.79. The zero-order valence-corrected chi connectivity index (χ0v) is 8.43. The molecule has 0 amide bonds. The minimum absolute atomic E-state index is 0.189. The van der Waals surface area contributed by atoms with Crippen molar-refractivity contribution in [2.75, 3.05) is 0 Å². The van der Waals surface area contributed by atoms with Gasteiger partial charge in [0.1, 0.15) is 5.75 Å². The Bertz CT molecular complexity index is 350. The maximum Gasteiger partial charge on any atom is 0.573 e. The van der Waals surface area contributed by atoms with Gasteiger partial charge in [0.15, 0.2) is 0 Å². The maximum absolute atomic E-state index is 11.9. The molecule has 0 aliphatic heterocycles. The van der Waals surface area contributed by atoms with E-state index >= 15 is 0 Å². The molecule has 0 unspecified atom stereocenters. The predicted molar refractivity (Wildman–Crippen MR) is 48.8 cm³/mol. The highest BCUT2D eigenvalue weighted by atomic mass is 35.5. The van der Waals surface area contributed by atoms with E-state index in [1.807, 2.05) is 0 Å². The molecule has 0 bridgehead atoms. The summed E-state index contributed by atoms with van der Waals surface area (Å²) in [5.74, 6) is -0.478. The second-order valence-corrected chi connectivity index (χ2v) is 3.32. The molecule has 1 aromatic carbocycles. The average Bonchev–Trinajstić information content (AvgIpc) is 2.05.